The molecule has 0 aromatic heterocycles. The summed E-state index contributed by atoms with van der Waals surface area (Å²) in [6.07, 6.45) is 0. The molecule has 0 spiro atoms. The molecule has 2 aromatic carbocycles. The molecule has 0 saturated heterocycles. The molecule has 0 aliphatic heterocycles. The number of benzene rings is 2. The molecule has 2 rings (SSSR count). The van der Waals surface area contributed by atoms with Crippen LogP contribution in [0.15, 0.2) is 24.3 Å². The zero-order valence-electron chi connectivity index (χ0n) is 10.0. The van der Waals surface area contributed by atoms with Gasteiger partial charge in [-0.2, -0.15) is 0 Å². The standard InChI is InChI=1S/C13H11Cl2FN2O/c1-6-4-7(2-3-8(6)14)19-13-10(18)5-9(17)11(15)12(13)16/h2-5H,17-18H2,1H3. The lowest BCUT2D eigenvalue weighted by molar-refractivity contribution is 0.445. The highest BCUT2D eigenvalue weighted by Gasteiger charge is 2.16. The number of nitrogens with two attached hydrogens (primary N) is 2. The van der Waals surface area contributed by atoms with E-state index in [1.165, 1.54) is 6.07 Å². The highest BCUT2D eigenvalue weighted by Crippen LogP contribution is 2.38. The van der Waals surface area contributed by atoms with Crippen molar-refractivity contribution in [2.45, 2.75) is 6.92 Å². The SMILES string of the molecule is Cc1cc(Oc2c(N)cc(N)c(Cl)c2F)ccc1Cl. The molecule has 0 radical (unpaired) electrons. The lowest BCUT2D eigenvalue weighted by Crippen LogP contribution is -1.99. The van der Waals surface area contributed by atoms with E-state index < -0.39 is 5.82 Å². The lowest BCUT2D eigenvalue weighted by Gasteiger charge is -2.12. The van der Waals surface area contributed by atoms with Gasteiger partial charge in [-0.1, -0.05) is 23.2 Å². The summed E-state index contributed by atoms with van der Waals surface area (Å²) in [5.74, 6) is -0.527. The number of ether oxygens (including phenoxy) is 1. The van der Waals surface area contributed by atoms with E-state index in [0.717, 1.165) is 5.56 Å². The average molecular weight is 301 g/mol. The van der Waals surface area contributed by atoms with Gasteiger partial charge in [-0.3, -0.25) is 0 Å². The second-order valence-electron chi connectivity index (χ2n) is 4.03. The van der Waals surface area contributed by atoms with Crippen molar-refractivity contribution in [2.75, 3.05) is 11.5 Å². The molecular weight excluding hydrogens is 290 g/mol. The molecule has 0 fully saturated rings. The normalized spacial score (nSPS) is 10.5. The number of halogens is 3. The van der Waals surface area contributed by atoms with Gasteiger partial charge in [0.05, 0.1) is 11.4 Å². The first-order valence-electron chi connectivity index (χ1n) is 5.37. The minimum Gasteiger partial charge on any atom is -0.452 e. The van der Waals surface area contributed by atoms with Gasteiger partial charge in [-0.05, 0) is 36.8 Å². The Balaban J connectivity index is 2.43. The molecule has 0 amide bonds. The van der Waals surface area contributed by atoms with Gasteiger partial charge >= 0.3 is 0 Å². The predicted octanol–water partition coefficient (Wildman–Crippen LogP) is 4.40. The summed E-state index contributed by atoms with van der Waals surface area (Å²) in [7, 11) is 0. The second-order valence-corrected chi connectivity index (χ2v) is 4.81. The van der Waals surface area contributed by atoms with E-state index in [1.807, 2.05) is 6.92 Å². The van der Waals surface area contributed by atoms with Gasteiger partial charge in [0.2, 0.25) is 0 Å². The summed E-state index contributed by atoms with van der Waals surface area (Å²) in [4.78, 5) is 0. The first-order chi connectivity index (χ1) is 8.90. The highest BCUT2D eigenvalue weighted by atomic mass is 35.5. The van der Waals surface area contributed by atoms with Crippen LogP contribution in [-0.2, 0) is 0 Å². The molecule has 100 valence electrons. The van der Waals surface area contributed by atoms with Crippen LogP contribution in [0.5, 0.6) is 11.5 Å². The lowest BCUT2D eigenvalue weighted by atomic mass is 10.2. The molecule has 19 heavy (non-hydrogen) atoms. The van der Waals surface area contributed by atoms with Gasteiger partial charge in [0.25, 0.3) is 0 Å². The first kappa shape index (κ1) is 13.8. The molecule has 2 aromatic rings. The van der Waals surface area contributed by atoms with Crippen molar-refractivity contribution in [3.8, 4) is 11.5 Å². The average Bonchev–Trinajstić information content (AvgIpc) is 2.36. The maximum Gasteiger partial charge on any atom is 0.188 e. The van der Waals surface area contributed by atoms with Gasteiger partial charge in [0.1, 0.15) is 10.8 Å². The minimum atomic E-state index is -0.785. The summed E-state index contributed by atoms with van der Waals surface area (Å²) < 4.78 is 19.4. The minimum absolute atomic E-state index is 0.0660. The van der Waals surface area contributed by atoms with Gasteiger partial charge < -0.3 is 16.2 Å². The van der Waals surface area contributed by atoms with Crippen molar-refractivity contribution in [2.24, 2.45) is 0 Å². The smallest absolute Gasteiger partial charge is 0.188 e. The number of rotatable bonds is 2. The molecule has 3 nitrogen and oxygen atoms in total. The third-order valence-corrected chi connectivity index (χ3v) is 3.38. The summed E-state index contributed by atoms with van der Waals surface area (Å²) in [5.41, 5.74) is 12.1. The van der Waals surface area contributed by atoms with Crippen LogP contribution in [0, 0.1) is 12.7 Å². The van der Waals surface area contributed by atoms with E-state index in [-0.39, 0.29) is 22.1 Å². The van der Waals surface area contributed by atoms with E-state index in [4.69, 9.17) is 39.4 Å². The topological polar surface area (TPSA) is 61.3 Å². The monoisotopic (exact) mass is 300 g/mol. The third-order valence-electron chi connectivity index (χ3n) is 2.57. The Kier molecular flexibility index (Phi) is 3.73. The van der Waals surface area contributed by atoms with E-state index in [0.29, 0.717) is 10.8 Å². The number of hydrogen-bond donors (Lipinski definition) is 2. The van der Waals surface area contributed by atoms with Crippen LogP contribution in [0.25, 0.3) is 0 Å². The Morgan fingerprint density at radius 1 is 1.11 bits per heavy atom. The molecule has 0 saturated carbocycles. The van der Waals surface area contributed by atoms with Crippen molar-refractivity contribution in [3.05, 3.63) is 45.7 Å². The number of nitrogen functional groups attached to an aromatic ring is 2. The van der Waals surface area contributed by atoms with E-state index in [9.17, 15) is 4.39 Å². The zero-order chi connectivity index (χ0) is 14.2. The number of hydrogen-bond acceptors (Lipinski definition) is 3. The van der Waals surface area contributed by atoms with Gasteiger partial charge in [0.15, 0.2) is 11.6 Å². The molecule has 0 atom stereocenters. The molecule has 0 aliphatic rings. The Morgan fingerprint density at radius 2 is 1.79 bits per heavy atom. The second kappa shape index (κ2) is 5.15. The van der Waals surface area contributed by atoms with E-state index >= 15 is 0 Å². The largest absolute Gasteiger partial charge is 0.452 e. The Bertz CT molecular complexity index is 647. The van der Waals surface area contributed by atoms with Gasteiger partial charge in [-0.15, -0.1) is 0 Å². The molecule has 0 unspecified atom stereocenters. The van der Waals surface area contributed by atoms with Crippen LogP contribution in [-0.4, -0.2) is 0 Å². The summed E-state index contributed by atoms with van der Waals surface area (Å²) >= 11 is 11.6. The third kappa shape index (κ3) is 2.69. The maximum atomic E-state index is 13.9. The molecule has 0 aliphatic carbocycles. The number of anilines is 2. The van der Waals surface area contributed by atoms with E-state index in [1.54, 1.807) is 18.2 Å². The van der Waals surface area contributed by atoms with E-state index in [2.05, 4.69) is 0 Å². The van der Waals surface area contributed by atoms with Gasteiger partial charge in [-0.25, -0.2) is 4.39 Å². The van der Waals surface area contributed by atoms with Crippen LogP contribution < -0.4 is 16.2 Å². The fraction of sp³-hybridized carbons (Fsp3) is 0.0769. The Labute approximate surface area is 119 Å². The fourth-order valence-electron chi connectivity index (χ4n) is 1.55. The van der Waals surface area contributed by atoms with Crippen LogP contribution in [0.1, 0.15) is 5.56 Å². The van der Waals surface area contributed by atoms with Crippen molar-refractivity contribution < 1.29 is 9.13 Å². The summed E-state index contributed by atoms with van der Waals surface area (Å²) in [5, 5.41) is 0.381. The van der Waals surface area contributed by atoms with Crippen LogP contribution >= 0.6 is 23.2 Å². The van der Waals surface area contributed by atoms with Gasteiger partial charge in [0, 0.05) is 5.02 Å². The van der Waals surface area contributed by atoms with Crippen molar-refractivity contribution in [1.29, 1.82) is 0 Å². The zero-order valence-corrected chi connectivity index (χ0v) is 11.5. The van der Waals surface area contributed by atoms with Crippen LogP contribution in [0.4, 0.5) is 15.8 Å². The molecule has 6 heteroatoms. The van der Waals surface area contributed by atoms with Crippen molar-refractivity contribution in [3.63, 3.8) is 0 Å². The molecule has 4 N–H and O–H groups in total. The number of aryl methyl sites for hydroxylation is 1. The van der Waals surface area contributed by atoms with Crippen molar-refractivity contribution in [1.82, 2.24) is 0 Å². The highest BCUT2D eigenvalue weighted by molar-refractivity contribution is 6.33. The first-order valence-corrected chi connectivity index (χ1v) is 6.12. The Hall–Kier alpha value is -1.65. The Morgan fingerprint density at radius 3 is 2.42 bits per heavy atom. The summed E-state index contributed by atoms with van der Waals surface area (Å²) in [6.45, 7) is 1.81. The predicted molar refractivity (Wildman–Crippen MR) is 76.5 cm³/mol. The maximum absolute atomic E-state index is 13.9. The summed E-state index contributed by atoms with van der Waals surface area (Å²) in [6, 6.07) is 6.28. The van der Waals surface area contributed by atoms with Crippen molar-refractivity contribution >= 4 is 34.6 Å². The quantitative estimate of drug-likeness (QED) is 0.808. The molecule has 0 bridgehead atoms. The fourth-order valence-corrected chi connectivity index (χ4v) is 1.81. The molecule has 0 heterocycles. The van der Waals surface area contributed by atoms with Crippen LogP contribution in [0.2, 0.25) is 10.0 Å². The van der Waals surface area contributed by atoms with Crippen LogP contribution in [0.3, 0.4) is 0 Å². The molecular formula is C13H11Cl2FN2O.